The SMILES string of the molecule is CCOC(=O)N(Cc1ccccc1)[C@@H]1C[C@H](C)N(C(=O)N2CCOCC2)c2cc(OC)c(OC)cc21. The number of nitrogens with zero attached hydrogens (tertiary/aromatic N) is 3. The Morgan fingerprint density at radius 2 is 1.72 bits per heavy atom. The van der Waals surface area contributed by atoms with Gasteiger partial charge in [-0.2, -0.15) is 0 Å². The van der Waals surface area contributed by atoms with Crippen LogP contribution in [-0.4, -0.2) is 75.1 Å². The minimum atomic E-state index is -0.396. The van der Waals surface area contributed by atoms with Gasteiger partial charge in [-0.25, -0.2) is 9.59 Å². The van der Waals surface area contributed by atoms with Crippen molar-refractivity contribution in [2.75, 3.05) is 52.0 Å². The van der Waals surface area contributed by atoms with E-state index in [0.717, 1.165) is 11.1 Å². The second-order valence-corrected chi connectivity index (χ2v) is 8.93. The Balaban J connectivity index is 1.80. The summed E-state index contributed by atoms with van der Waals surface area (Å²) in [7, 11) is 3.15. The predicted molar refractivity (Wildman–Crippen MR) is 136 cm³/mol. The van der Waals surface area contributed by atoms with Crippen LogP contribution in [-0.2, 0) is 16.0 Å². The first-order chi connectivity index (χ1) is 17.5. The number of urea groups is 1. The summed E-state index contributed by atoms with van der Waals surface area (Å²) in [6.07, 6.45) is 0.150. The normalized spacial score (nSPS) is 19.3. The second kappa shape index (κ2) is 11.5. The van der Waals surface area contributed by atoms with Gasteiger partial charge in [0.25, 0.3) is 0 Å². The zero-order valence-corrected chi connectivity index (χ0v) is 21.4. The maximum absolute atomic E-state index is 13.7. The van der Waals surface area contributed by atoms with E-state index in [4.69, 9.17) is 18.9 Å². The third-order valence-electron chi connectivity index (χ3n) is 6.72. The molecule has 1 saturated heterocycles. The summed E-state index contributed by atoms with van der Waals surface area (Å²) in [5.74, 6) is 1.06. The molecular weight excluding hydrogens is 462 g/mol. The summed E-state index contributed by atoms with van der Waals surface area (Å²) in [6.45, 7) is 6.57. The summed E-state index contributed by atoms with van der Waals surface area (Å²) in [4.78, 5) is 32.3. The number of methoxy groups -OCH3 is 2. The van der Waals surface area contributed by atoms with Crippen LogP contribution in [0.15, 0.2) is 42.5 Å². The van der Waals surface area contributed by atoms with E-state index in [1.165, 1.54) is 0 Å². The van der Waals surface area contributed by atoms with E-state index in [-0.39, 0.29) is 24.7 Å². The highest BCUT2D eigenvalue weighted by Gasteiger charge is 2.41. The van der Waals surface area contributed by atoms with E-state index in [0.29, 0.717) is 56.5 Å². The highest BCUT2D eigenvalue weighted by Crippen LogP contribution is 2.46. The van der Waals surface area contributed by atoms with Crippen LogP contribution in [0.5, 0.6) is 11.5 Å². The minimum absolute atomic E-state index is 0.0801. The molecule has 36 heavy (non-hydrogen) atoms. The van der Waals surface area contributed by atoms with Gasteiger partial charge in [-0.1, -0.05) is 30.3 Å². The Morgan fingerprint density at radius 3 is 2.36 bits per heavy atom. The minimum Gasteiger partial charge on any atom is -0.493 e. The molecule has 2 atom stereocenters. The number of benzene rings is 2. The number of amides is 3. The Hall–Kier alpha value is -3.46. The number of carbonyl (C=O) groups excluding carboxylic acids is 2. The molecule has 0 radical (unpaired) electrons. The molecule has 0 bridgehead atoms. The molecule has 3 amide bonds. The van der Waals surface area contributed by atoms with Crippen molar-refractivity contribution in [3.05, 3.63) is 53.6 Å². The van der Waals surface area contributed by atoms with E-state index in [1.54, 1.807) is 26.0 Å². The third kappa shape index (κ3) is 5.21. The van der Waals surface area contributed by atoms with Crippen LogP contribution >= 0.6 is 0 Å². The average Bonchev–Trinajstić information content (AvgIpc) is 2.91. The number of rotatable bonds is 6. The van der Waals surface area contributed by atoms with Gasteiger partial charge in [0.1, 0.15) is 0 Å². The van der Waals surface area contributed by atoms with Gasteiger partial charge in [0.15, 0.2) is 11.5 Å². The predicted octanol–water partition coefficient (Wildman–Crippen LogP) is 4.45. The molecule has 0 aromatic heterocycles. The lowest BCUT2D eigenvalue weighted by atomic mass is 9.90. The van der Waals surface area contributed by atoms with E-state index >= 15 is 0 Å². The summed E-state index contributed by atoms with van der Waals surface area (Å²) >= 11 is 0. The molecule has 0 saturated carbocycles. The first-order valence-electron chi connectivity index (χ1n) is 12.4. The van der Waals surface area contributed by atoms with Crippen molar-refractivity contribution in [2.24, 2.45) is 0 Å². The summed E-state index contributed by atoms with van der Waals surface area (Å²) < 4.78 is 22.1. The number of morpholine rings is 1. The summed E-state index contributed by atoms with van der Waals surface area (Å²) in [5, 5.41) is 0. The Kier molecular flexibility index (Phi) is 8.20. The van der Waals surface area contributed by atoms with Crippen LogP contribution in [0.3, 0.4) is 0 Å². The maximum atomic E-state index is 13.7. The molecule has 0 aliphatic carbocycles. The van der Waals surface area contributed by atoms with E-state index in [1.807, 2.05) is 59.2 Å². The fourth-order valence-corrected chi connectivity index (χ4v) is 4.93. The van der Waals surface area contributed by atoms with Gasteiger partial charge in [0.2, 0.25) is 0 Å². The lowest BCUT2D eigenvalue weighted by Gasteiger charge is -2.45. The first kappa shape index (κ1) is 25.6. The van der Waals surface area contributed by atoms with Crippen LogP contribution < -0.4 is 14.4 Å². The van der Waals surface area contributed by atoms with Crippen molar-refractivity contribution >= 4 is 17.8 Å². The quantitative estimate of drug-likeness (QED) is 0.587. The van der Waals surface area contributed by atoms with E-state index in [2.05, 4.69) is 0 Å². The van der Waals surface area contributed by atoms with E-state index in [9.17, 15) is 9.59 Å². The molecule has 4 rings (SSSR count). The summed E-state index contributed by atoms with van der Waals surface area (Å²) in [6, 6.07) is 12.9. The smallest absolute Gasteiger partial charge is 0.410 e. The monoisotopic (exact) mass is 497 g/mol. The molecule has 1 fully saturated rings. The molecule has 0 spiro atoms. The summed E-state index contributed by atoms with van der Waals surface area (Å²) in [5.41, 5.74) is 2.51. The van der Waals surface area contributed by atoms with Crippen molar-refractivity contribution in [2.45, 2.75) is 38.9 Å². The molecule has 194 valence electrons. The van der Waals surface area contributed by atoms with Gasteiger partial charge in [-0.3, -0.25) is 9.80 Å². The fourth-order valence-electron chi connectivity index (χ4n) is 4.93. The van der Waals surface area contributed by atoms with Crippen molar-refractivity contribution in [1.29, 1.82) is 0 Å². The maximum Gasteiger partial charge on any atom is 0.410 e. The molecule has 2 aliphatic rings. The third-order valence-corrected chi connectivity index (χ3v) is 6.72. The number of fused-ring (bicyclic) bond motifs is 1. The Bertz CT molecular complexity index is 1060. The van der Waals surface area contributed by atoms with Crippen LogP contribution in [0, 0.1) is 0 Å². The van der Waals surface area contributed by atoms with Crippen LogP contribution in [0.2, 0.25) is 0 Å². The molecule has 0 N–H and O–H groups in total. The number of hydrogen-bond donors (Lipinski definition) is 0. The average molecular weight is 498 g/mol. The van der Waals surface area contributed by atoms with Crippen LogP contribution in [0.25, 0.3) is 0 Å². The molecule has 2 heterocycles. The van der Waals surface area contributed by atoms with Gasteiger partial charge >= 0.3 is 12.1 Å². The van der Waals surface area contributed by atoms with Gasteiger partial charge in [-0.15, -0.1) is 0 Å². The Labute approximate surface area is 212 Å². The number of ether oxygens (including phenoxy) is 4. The molecule has 9 nitrogen and oxygen atoms in total. The number of hydrogen-bond acceptors (Lipinski definition) is 6. The fraction of sp³-hybridized carbons (Fsp3) is 0.481. The second-order valence-electron chi connectivity index (χ2n) is 8.93. The van der Waals surface area contributed by atoms with Crippen LogP contribution in [0.1, 0.15) is 37.4 Å². The lowest BCUT2D eigenvalue weighted by Crippen LogP contribution is -2.54. The lowest BCUT2D eigenvalue weighted by molar-refractivity contribution is 0.0536. The largest absolute Gasteiger partial charge is 0.493 e. The molecule has 9 heteroatoms. The number of anilines is 1. The number of carbonyl (C=O) groups is 2. The molecular formula is C27H35N3O6. The van der Waals surface area contributed by atoms with Crippen molar-refractivity contribution in [3.63, 3.8) is 0 Å². The highest BCUT2D eigenvalue weighted by molar-refractivity contribution is 5.95. The van der Waals surface area contributed by atoms with Gasteiger partial charge in [-0.05, 0) is 31.9 Å². The molecule has 2 aromatic rings. The topological polar surface area (TPSA) is 80.8 Å². The van der Waals surface area contributed by atoms with Crippen molar-refractivity contribution < 1.29 is 28.5 Å². The van der Waals surface area contributed by atoms with Crippen molar-refractivity contribution in [3.8, 4) is 11.5 Å². The van der Waals surface area contributed by atoms with Crippen LogP contribution in [0.4, 0.5) is 15.3 Å². The van der Waals surface area contributed by atoms with E-state index < -0.39 is 6.09 Å². The zero-order valence-electron chi connectivity index (χ0n) is 21.4. The standard InChI is InChI=1S/C27H35N3O6/c1-5-36-27(32)29(18-20-9-7-6-8-10-20)22-15-19(2)30(26(31)28-11-13-35-14-12-28)23-17-25(34-4)24(33-3)16-21(22)23/h6-10,16-17,19,22H,5,11-15,18H2,1-4H3/t19-,22+/m0/s1. The molecule has 0 unspecified atom stereocenters. The van der Waals surface area contributed by atoms with Gasteiger partial charge < -0.3 is 23.8 Å². The molecule has 2 aromatic carbocycles. The zero-order chi connectivity index (χ0) is 25.7. The Morgan fingerprint density at radius 1 is 1.06 bits per heavy atom. The van der Waals surface area contributed by atoms with Crippen molar-refractivity contribution in [1.82, 2.24) is 9.80 Å². The molecule has 2 aliphatic heterocycles. The highest BCUT2D eigenvalue weighted by atomic mass is 16.6. The van der Waals surface area contributed by atoms with Gasteiger partial charge in [0.05, 0.1) is 45.8 Å². The first-order valence-corrected chi connectivity index (χ1v) is 12.4. The van der Waals surface area contributed by atoms with Gasteiger partial charge in [0, 0.05) is 37.3 Å².